The van der Waals surface area contributed by atoms with Gasteiger partial charge in [0, 0.05) is 43.4 Å². The predicted octanol–water partition coefficient (Wildman–Crippen LogP) is 3.42. The molecule has 170 valence electrons. The third-order valence-electron chi connectivity index (χ3n) is 6.57. The van der Waals surface area contributed by atoms with Crippen molar-refractivity contribution in [1.29, 1.82) is 0 Å². The average molecular weight is 455 g/mol. The third-order valence-corrected chi connectivity index (χ3v) is 8.58. The molecule has 4 rings (SSSR count). The Balaban J connectivity index is 1.56. The summed E-state index contributed by atoms with van der Waals surface area (Å²) in [7, 11) is -1.91. The molecule has 0 spiro atoms. The van der Waals surface area contributed by atoms with Crippen LogP contribution in [0.5, 0.6) is 0 Å². The van der Waals surface area contributed by atoms with E-state index in [9.17, 15) is 13.2 Å². The van der Waals surface area contributed by atoms with Gasteiger partial charge in [0.25, 0.3) is 5.91 Å². The highest BCUT2D eigenvalue weighted by molar-refractivity contribution is 7.89. The van der Waals surface area contributed by atoms with Crippen molar-refractivity contribution in [1.82, 2.24) is 14.2 Å². The summed E-state index contributed by atoms with van der Waals surface area (Å²) >= 11 is 0. The zero-order chi connectivity index (χ0) is 23.0. The SMILES string of the molecule is Cc1c(S(=O)(=O)N2CCC(C)CC2)cc(C(=O)NCc2ccc(N)c3ccccc23)n1C. The van der Waals surface area contributed by atoms with Crippen molar-refractivity contribution in [2.75, 3.05) is 18.8 Å². The second kappa shape index (κ2) is 8.60. The molecule has 0 unspecified atom stereocenters. The molecule has 0 atom stereocenters. The molecule has 0 radical (unpaired) electrons. The van der Waals surface area contributed by atoms with Crippen LogP contribution in [0.1, 0.15) is 41.5 Å². The molecule has 1 aliphatic heterocycles. The molecule has 1 aromatic heterocycles. The smallest absolute Gasteiger partial charge is 0.268 e. The first-order valence-corrected chi connectivity index (χ1v) is 12.3. The molecule has 32 heavy (non-hydrogen) atoms. The number of hydrogen-bond acceptors (Lipinski definition) is 4. The number of carbonyl (C=O) groups excluding carboxylic acids is 1. The van der Waals surface area contributed by atoms with Crippen LogP contribution >= 0.6 is 0 Å². The minimum atomic E-state index is -3.63. The summed E-state index contributed by atoms with van der Waals surface area (Å²) < 4.78 is 29.6. The predicted molar refractivity (Wildman–Crippen MR) is 127 cm³/mol. The summed E-state index contributed by atoms with van der Waals surface area (Å²) in [6.07, 6.45) is 1.71. The van der Waals surface area contributed by atoms with Crippen molar-refractivity contribution in [2.24, 2.45) is 13.0 Å². The van der Waals surface area contributed by atoms with Gasteiger partial charge in [-0.25, -0.2) is 8.42 Å². The molecule has 0 saturated carbocycles. The molecule has 1 amide bonds. The minimum Gasteiger partial charge on any atom is -0.398 e. The topological polar surface area (TPSA) is 97.4 Å². The number of piperidine rings is 1. The van der Waals surface area contributed by atoms with Gasteiger partial charge in [-0.05, 0) is 48.8 Å². The van der Waals surface area contributed by atoms with E-state index in [-0.39, 0.29) is 10.8 Å². The second-order valence-electron chi connectivity index (χ2n) is 8.67. The summed E-state index contributed by atoms with van der Waals surface area (Å²) in [6.45, 7) is 5.23. The number of nitrogens with zero attached hydrogens (tertiary/aromatic N) is 2. The highest BCUT2D eigenvalue weighted by Gasteiger charge is 2.32. The minimum absolute atomic E-state index is 0.206. The molecule has 8 heteroatoms. The number of fused-ring (bicyclic) bond motifs is 1. The number of benzene rings is 2. The summed E-state index contributed by atoms with van der Waals surface area (Å²) in [5, 5.41) is 4.86. The molecule has 1 aliphatic rings. The number of sulfonamides is 1. The summed E-state index contributed by atoms with van der Waals surface area (Å²) in [6, 6.07) is 13.0. The van der Waals surface area contributed by atoms with Crippen molar-refractivity contribution in [2.45, 2.75) is 38.1 Å². The van der Waals surface area contributed by atoms with Crippen LogP contribution in [-0.2, 0) is 23.6 Å². The van der Waals surface area contributed by atoms with Gasteiger partial charge in [-0.3, -0.25) is 4.79 Å². The van der Waals surface area contributed by atoms with Gasteiger partial charge in [-0.15, -0.1) is 0 Å². The first-order valence-electron chi connectivity index (χ1n) is 10.9. The van der Waals surface area contributed by atoms with Crippen molar-refractivity contribution >= 4 is 32.4 Å². The molecular formula is C24H30N4O3S. The number of amides is 1. The zero-order valence-corrected chi connectivity index (χ0v) is 19.6. The lowest BCUT2D eigenvalue weighted by Gasteiger charge is -2.29. The van der Waals surface area contributed by atoms with Crippen LogP contribution in [0, 0.1) is 12.8 Å². The lowest BCUT2D eigenvalue weighted by Crippen LogP contribution is -2.38. The van der Waals surface area contributed by atoms with E-state index in [0.29, 0.717) is 42.6 Å². The van der Waals surface area contributed by atoms with E-state index in [1.54, 1.807) is 18.5 Å². The number of aromatic nitrogens is 1. The average Bonchev–Trinajstić information content (AvgIpc) is 3.09. The zero-order valence-electron chi connectivity index (χ0n) is 18.8. The molecule has 0 bridgehead atoms. The van der Waals surface area contributed by atoms with E-state index >= 15 is 0 Å². The van der Waals surface area contributed by atoms with E-state index in [1.165, 1.54) is 10.4 Å². The third kappa shape index (κ3) is 4.00. The summed E-state index contributed by atoms with van der Waals surface area (Å²) in [4.78, 5) is 13.2. The van der Waals surface area contributed by atoms with E-state index in [1.807, 2.05) is 36.4 Å². The largest absolute Gasteiger partial charge is 0.398 e. The fourth-order valence-electron chi connectivity index (χ4n) is 4.32. The molecule has 3 N–H and O–H groups in total. The lowest BCUT2D eigenvalue weighted by atomic mass is 10.0. The number of nitrogens with two attached hydrogens (primary N) is 1. The molecule has 3 aromatic rings. The maximum absolute atomic E-state index is 13.2. The fraction of sp³-hybridized carbons (Fsp3) is 0.375. The number of nitrogens with one attached hydrogen (secondary N) is 1. The Bertz CT molecular complexity index is 1270. The van der Waals surface area contributed by atoms with Gasteiger partial charge < -0.3 is 15.6 Å². The lowest BCUT2D eigenvalue weighted by molar-refractivity contribution is 0.0942. The second-order valence-corrected chi connectivity index (χ2v) is 10.6. The van der Waals surface area contributed by atoms with Gasteiger partial charge in [0.1, 0.15) is 10.6 Å². The molecule has 0 aliphatic carbocycles. The fourth-order valence-corrected chi connectivity index (χ4v) is 6.06. The molecule has 2 heterocycles. The van der Waals surface area contributed by atoms with Crippen LogP contribution in [0.2, 0.25) is 0 Å². The number of hydrogen-bond donors (Lipinski definition) is 2. The quantitative estimate of drug-likeness (QED) is 0.577. The van der Waals surface area contributed by atoms with Crippen molar-refractivity contribution in [3.05, 3.63) is 59.4 Å². The summed E-state index contributed by atoms with van der Waals surface area (Å²) in [5.41, 5.74) is 8.60. The first kappa shape index (κ1) is 22.4. The van der Waals surface area contributed by atoms with Crippen molar-refractivity contribution in [3.8, 4) is 0 Å². The number of nitrogen functional groups attached to an aromatic ring is 1. The highest BCUT2D eigenvalue weighted by atomic mass is 32.2. The molecule has 1 saturated heterocycles. The molecule has 2 aromatic carbocycles. The van der Waals surface area contributed by atoms with Gasteiger partial charge in [-0.2, -0.15) is 4.31 Å². The van der Waals surface area contributed by atoms with E-state index in [4.69, 9.17) is 5.73 Å². The summed E-state index contributed by atoms with van der Waals surface area (Å²) in [5.74, 6) is 0.217. The van der Waals surface area contributed by atoms with Gasteiger partial charge in [-0.1, -0.05) is 37.3 Å². The monoisotopic (exact) mass is 454 g/mol. The van der Waals surface area contributed by atoms with Crippen LogP contribution in [-0.4, -0.2) is 36.3 Å². The van der Waals surface area contributed by atoms with Gasteiger partial charge >= 0.3 is 0 Å². The Morgan fingerprint density at radius 3 is 2.47 bits per heavy atom. The Kier molecular flexibility index (Phi) is 6.01. The van der Waals surface area contributed by atoms with Gasteiger partial charge in [0.15, 0.2) is 0 Å². The molecule has 1 fully saturated rings. The first-order chi connectivity index (χ1) is 15.2. The van der Waals surface area contributed by atoms with Gasteiger partial charge in [0.05, 0.1) is 0 Å². The molecule has 7 nitrogen and oxygen atoms in total. The number of carbonyl (C=O) groups is 1. The maximum atomic E-state index is 13.2. The van der Waals surface area contributed by atoms with E-state index in [0.717, 1.165) is 29.2 Å². The normalized spacial score (nSPS) is 15.8. The Hall–Kier alpha value is -2.84. The highest BCUT2D eigenvalue weighted by Crippen LogP contribution is 2.28. The van der Waals surface area contributed by atoms with Crippen LogP contribution in [0.4, 0.5) is 5.69 Å². The standard InChI is InChI=1S/C24H30N4O3S/c1-16-10-12-28(13-11-16)32(30,31)23-14-22(27(3)17(23)2)24(29)26-15-18-8-9-21(25)20-7-5-4-6-19(18)20/h4-9,14,16H,10-13,15,25H2,1-3H3,(H,26,29). The van der Waals surface area contributed by atoms with E-state index in [2.05, 4.69) is 12.2 Å². The van der Waals surface area contributed by atoms with Gasteiger partial charge in [0.2, 0.25) is 10.0 Å². The van der Waals surface area contributed by atoms with Crippen LogP contribution in [0.15, 0.2) is 47.4 Å². The van der Waals surface area contributed by atoms with Crippen molar-refractivity contribution < 1.29 is 13.2 Å². The van der Waals surface area contributed by atoms with Crippen molar-refractivity contribution in [3.63, 3.8) is 0 Å². The van der Waals surface area contributed by atoms with Crippen LogP contribution in [0.3, 0.4) is 0 Å². The molecular weight excluding hydrogens is 424 g/mol. The Morgan fingerprint density at radius 2 is 1.78 bits per heavy atom. The van der Waals surface area contributed by atoms with E-state index < -0.39 is 10.0 Å². The Morgan fingerprint density at radius 1 is 1.12 bits per heavy atom. The maximum Gasteiger partial charge on any atom is 0.268 e. The number of anilines is 1. The number of rotatable bonds is 5. The van der Waals surface area contributed by atoms with Crippen LogP contribution < -0.4 is 11.1 Å². The Labute approximate surface area is 189 Å². The van der Waals surface area contributed by atoms with Crippen LogP contribution in [0.25, 0.3) is 10.8 Å².